The summed E-state index contributed by atoms with van der Waals surface area (Å²) in [6, 6.07) is 0. The number of carboxylic acids is 1. The van der Waals surface area contributed by atoms with Gasteiger partial charge in [0.1, 0.15) is 5.69 Å². The number of aliphatic carboxylic acids is 1. The molecule has 6 heteroatoms. The van der Waals surface area contributed by atoms with Crippen molar-refractivity contribution in [3.05, 3.63) is 23.8 Å². The maximum Gasteiger partial charge on any atom is 0.371 e. The quantitative estimate of drug-likeness (QED) is 0.590. The molecule has 0 radical (unpaired) electrons. The van der Waals surface area contributed by atoms with Crippen molar-refractivity contribution < 1.29 is 19.7 Å². The number of hydrogen-bond donors (Lipinski definition) is 2. The van der Waals surface area contributed by atoms with Crippen LogP contribution in [0.5, 0.6) is 5.88 Å². The molecular formula is C10H12N2O4. The Morgan fingerprint density at radius 3 is 2.56 bits per heavy atom. The number of carbonyl (C=O) groups is 1. The molecule has 86 valence electrons. The van der Waals surface area contributed by atoms with Crippen LogP contribution in [0.2, 0.25) is 0 Å². The SMILES string of the molecule is CC(C)Oc1nccnc1C=C(O)C(=O)O. The highest BCUT2D eigenvalue weighted by Crippen LogP contribution is 2.16. The van der Waals surface area contributed by atoms with Gasteiger partial charge in [-0.3, -0.25) is 0 Å². The summed E-state index contributed by atoms with van der Waals surface area (Å²) in [5.41, 5.74) is 0.177. The van der Waals surface area contributed by atoms with Gasteiger partial charge in [0.2, 0.25) is 11.6 Å². The predicted molar refractivity (Wildman–Crippen MR) is 56.0 cm³/mol. The number of hydrogen-bond acceptors (Lipinski definition) is 5. The normalized spacial score (nSPS) is 11.6. The minimum absolute atomic E-state index is 0.115. The zero-order valence-corrected chi connectivity index (χ0v) is 8.91. The second-order valence-corrected chi connectivity index (χ2v) is 3.25. The van der Waals surface area contributed by atoms with Crippen LogP contribution in [-0.4, -0.2) is 32.3 Å². The number of rotatable bonds is 4. The number of aliphatic hydroxyl groups is 1. The van der Waals surface area contributed by atoms with Crippen molar-refractivity contribution >= 4 is 12.0 Å². The molecule has 0 aliphatic rings. The fourth-order valence-corrected chi connectivity index (χ4v) is 0.940. The molecule has 0 saturated carbocycles. The third kappa shape index (κ3) is 3.23. The maximum atomic E-state index is 10.4. The lowest BCUT2D eigenvalue weighted by atomic mass is 10.3. The summed E-state index contributed by atoms with van der Waals surface area (Å²) in [5.74, 6) is -2.06. The second kappa shape index (κ2) is 5.11. The van der Waals surface area contributed by atoms with Gasteiger partial charge in [-0.2, -0.15) is 0 Å². The summed E-state index contributed by atoms with van der Waals surface area (Å²) in [4.78, 5) is 18.2. The van der Waals surface area contributed by atoms with Gasteiger partial charge < -0.3 is 14.9 Å². The third-order valence-electron chi connectivity index (χ3n) is 1.53. The van der Waals surface area contributed by atoms with Gasteiger partial charge in [0, 0.05) is 18.5 Å². The fraction of sp³-hybridized carbons (Fsp3) is 0.300. The van der Waals surface area contributed by atoms with Crippen LogP contribution in [0.1, 0.15) is 19.5 Å². The Balaban J connectivity index is 3.04. The van der Waals surface area contributed by atoms with Gasteiger partial charge in [-0.1, -0.05) is 0 Å². The minimum Gasteiger partial charge on any atom is -0.502 e. The number of carboxylic acid groups (broad SMARTS) is 1. The first-order valence-corrected chi connectivity index (χ1v) is 4.62. The Labute approximate surface area is 92.2 Å². The van der Waals surface area contributed by atoms with E-state index < -0.39 is 11.7 Å². The number of ether oxygens (including phenoxy) is 1. The van der Waals surface area contributed by atoms with Gasteiger partial charge in [-0.15, -0.1) is 0 Å². The topological polar surface area (TPSA) is 92.5 Å². The maximum absolute atomic E-state index is 10.4. The van der Waals surface area contributed by atoms with Crippen molar-refractivity contribution in [2.24, 2.45) is 0 Å². The van der Waals surface area contributed by atoms with E-state index >= 15 is 0 Å². The van der Waals surface area contributed by atoms with Crippen LogP contribution in [0, 0.1) is 0 Å². The first-order chi connectivity index (χ1) is 7.50. The first-order valence-electron chi connectivity index (χ1n) is 4.62. The second-order valence-electron chi connectivity index (χ2n) is 3.25. The van der Waals surface area contributed by atoms with Gasteiger partial charge in [0.25, 0.3) is 0 Å². The summed E-state index contributed by atoms with van der Waals surface area (Å²) in [7, 11) is 0. The van der Waals surface area contributed by atoms with E-state index in [2.05, 4.69) is 9.97 Å². The molecule has 0 unspecified atom stereocenters. The van der Waals surface area contributed by atoms with E-state index in [1.165, 1.54) is 12.4 Å². The lowest BCUT2D eigenvalue weighted by molar-refractivity contribution is -0.135. The van der Waals surface area contributed by atoms with E-state index in [0.717, 1.165) is 6.08 Å². The highest BCUT2D eigenvalue weighted by molar-refractivity contribution is 5.89. The Kier molecular flexibility index (Phi) is 3.82. The van der Waals surface area contributed by atoms with Crippen molar-refractivity contribution in [2.45, 2.75) is 20.0 Å². The lowest BCUT2D eigenvalue weighted by Gasteiger charge is -2.09. The van der Waals surface area contributed by atoms with Crippen LogP contribution in [0.25, 0.3) is 6.08 Å². The van der Waals surface area contributed by atoms with E-state index in [9.17, 15) is 4.79 Å². The molecule has 0 fully saturated rings. The smallest absolute Gasteiger partial charge is 0.371 e. The monoisotopic (exact) mass is 224 g/mol. The Hall–Kier alpha value is -2.11. The first kappa shape index (κ1) is 12.0. The molecule has 0 aliphatic carbocycles. The Morgan fingerprint density at radius 1 is 1.38 bits per heavy atom. The van der Waals surface area contributed by atoms with Crippen LogP contribution >= 0.6 is 0 Å². The molecular weight excluding hydrogens is 212 g/mol. The predicted octanol–water partition coefficient (Wildman–Crippen LogP) is 1.25. The van der Waals surface area contributed by atoms with Crippen LogP contribution in [-0.2, 0) is 4.79 Å². The van der Waals surface area contributed by atoms with Crippen LogP contribution in [0.3, 0.4) is 0 Å². The standard InChI is InChI=1S/C10H12N2O4/c1-6(2)16-9-7(11-3-4-12-9)5-8(13)10(14)15/h3-6,13H,1-2H3,(H,14,15). The molecule has 6 nitrogen and oxygen atoms in total. The number of aliphatic hydroxyl groups excluding tert-OH is 1. The Morgan fingerprint density at radius 2 is 2.00 bits per heavy atom. The molecule has 2 N–H and O–H groups in total. The average Bonchev–Trinajstić information content (AvgIpc) is 2.20. The average molecular weight is 224 g/mol. The summed E-state index contributed by atoms with van der Waals surface area (Å²) in [5, 5.41) is 17.6. The van der Waals surface area contributed by atoms with Crippen molar-refractivity contribution in [2.75, 3.05) is 0 Å². The number of nitrogens with zero attached hydrogens (tertiary/aromatic N) is 2. The van der Waals surface area contributed by atoms with E-state index in [1.54, 1.807) is 13.8 Å². The zero-order chi connectivity index (χ0) is 12.1. The zero-order valence-electron chi connectivity index (χ0n) is 8.91. The van der Waals surface area contributed by atoms with Crippen LogP contribution in [0.4, 0.5) is 0 Å². The summed E-state index contributed by atoms with van der Waals surface area (Å²) in [6.45, 7) is 3.61. The van der Waals surface area contributed by atoms with Crippen molar-refractivity contribution in [1.29, 1.82) is 0 Å². The molecule has 1 heterocycles. The molecule has 0 aromatic carbocycles. The number of aromatic nitrogens is 2. The lowest BCUT2D eigenvalue weighted by Crippen LogP contribution is -2.09. The minimum atomic E-state index is -1.43. The van der Waals surface area contributed by atoms with Gasteiger partial charge in [0.05, 0.1) is 6.10 Å². The molecule has 1 rings (SSSR count). The largest absolute Gasteiger partial charge is 0.502 e. The van der Waals surface area contributed by atoms with Crippen molar-refractivity contribution in [3.8, 4) is 5.88 Å². The molecule has 0 amide bonds. The van der Waals surface area contributed by atoms with Crippen molar-refractivity contribution in [3.63, 3.8) is 0 Å². The van der Waals surface area contributed by atoms with Crippen LogP contribution in [0.15, 0.2) is 18.2 Å². The van der Waals surface area contributed by atoms with Gasteiger partial charge in [-0.25, -0.2) is 14.8 Å². The molecule has 0 bridgehead atoms. The highest BCUT2D eigenvalue weighted by atomic mass is 16.5. The molecule has 1 aromatic rings. The van der Waals surface area contributed by atoms with Gasteiger partial charge in [-0.05, 0) is 13.8 Å². The molecule has 1 aromatic heterocycles. The molecule has 16 heavy (non-hydrogen) atoms. The third-order valence-corrected chi connectivity index (χ3v) is 1.53. The molecule has 0 aliphatic heterocycles. The van der Waals surface area contributed by atoms with E-state index in [1.807, 2.05) is 0 Å². The Bertz CT molecular complexity index is 415. The van der Waals surface area contributed by atoms with E-state index in [0.29, 0.717) is 0 Å². The molecule has 0 saturated heterocycles. The molecule has 0 spiro atoms. The van der Waals surface area contributed by atoms with Gasteiger partial charge in [0.15, 0.2) is 0 Å². The molecule has 0 atom stereocenters. The van der Waals surface area contributed by atoms with Crippen LogP contribution < -0.4 is 4.74 Å². The van der Waals surface area contributed by atoms with Crippen molar-refractivity contribution in [1.82, 2.24) is 9.97 Å². The van der Waals surface area contributed by atoms with E-state index in [-0.39, 0.29) is 17.7 Å². The fourth-order valence-electron chi connectivity index (χ4n) is 0.940. The summed E-state index contributed by atoms with van der Waals surface area (Å²) < 4.78 is 5.30. The highest BCUT2D eigenvalue weighted by Gasteiger charge is 2.10. The van der Waals surface area contributed by atoms with E-state index in [4.69, 9.17) is 14.9 Å². The summed E-state index contributed by atoms with van der Waals surface area (Å²) in [6.07, 6.45) is 3.68. The summed E-state index contributed by atoms with van der Waals surface area (Å²) >= 11 is 0. The van der Waals surface area contributed by atoms with Gasteiger partial charge >= 0.3 is 5.97 Å².